The number of carbonyl (C=O) groups excluding carboxylic acids is 2. The Bertz CT molecular complexity index is 708. The Morgan fingerprint density at radius 1 is 1.08 bits per heavy atom. The molecular weight excluding hydrogens is 300 g/mol. The molecule has 0 saturated heterocycles. The summed E-state index contributed by atoms with van der Waals surface area (Å²) in [4.78, 5) is 25.7. The predicted molar refractivity (Wildman–Crippen MR) is 98.3 cm³/mol. The summed E-state index contributed by atoms with van der Waals surface area (Å²) in [5.74, 6) is -0.167. The highest BCUT2D eigenvalue weighted by Crippen LogP contribution is 2.17. The Balaban J connectivity index is 1.97. The van der Waals surface area contributed by atoms with Crippen LogP contribution in [0.1, 0.15) is 31.4 Å². The van der Waals surface area contributed by atoms with E-state index >= 15 is 0 Å². The topological polar surface area (TPSA) is 49.4 Å². The van der Waals surface area contributed by atoms with E-state index in [0.717, 1.165) is 23.4 Å². The summed E-state index contributed by atoms with van der Waals surface area (Å²) >= 11 is 0. The van der Waals surface area contributed by atoms with Crippen LogP contribution in [0.5, 0.6) is 0 Å². The second kappa shape index (κ2) is 8.29. The van der Waals surface area contributed by atoms with E-state index < -0.39 is 0 Å². The average molecular weight is 324 g/mol. The summed E-state index contributed by atoms with van der Waals surface area (Å²) < 4.78 is 0. The number of nitrogens with one attached hydrogen (secondary N) is 1. The van der Waals surface area contributed by atoms with Crippen LogP contribution in [0.4, 0.5) is 11.4 Å². The minimum absolute atomic E-state index is 0.0670. The third-order valence-corrected chi connectivity index (χ3v) is 3.90. The summed E-state index contributed by atoms with van der Waals surface area (Å²) in [7, 11) is 0. The molecule has 0 heterocycles. The van der Waals surface area contributed by atoms with Gasteiger partial charge in [-0.05, 0) is 48.7 Å². The fourth-order valence-corrected chi connectivity index (χ4v) is 2.54. The first-order valence-corrected chi connectivity index (χ1v) is 8.23. The number of amides is 2. The van der Waals surface area contributed by atoms with Gasteiger partial charge in [-0.25, -0.2) is 0 Å². The van der Waals surface area contributed by atoms with Crippen LogP contribution in [0.3, 0.4) is 0 Å². The molecule has 4 heteroatoms. The van der Waals surface area contributed by atoms with Crippen LogP contribution < -0.4 is 10.2 Å². The van der Waals surface area contributed by atoms with E-state index in [1.165, 1.54) is 12.5 Å². The molecular formula is C20H24N2O2. The molecule has 126 valence electrons. The average Bonchev–Trinajstić information content (AvgIpc) is 2.55. The van der Waals surface area contributed by atoms with Crippen molar-refractivity contribution in [3.05, 3.63) is 59.7 Å². The maximum absolute atomic E-state index is 12.1. The van der Waals surface area contributed by atoms with Crippen LogP contribution in [0.15, 0.2) is 48.5 Å². The van der Waals surface area contributed by atoms with Gasteiger partial charge in [0.15, 0.2) is 0 Å². The fourth-order valence-electron chi connectivity index (χ4n) is 2.54. The van der Waals surface area contributed by atoms with Crippen molar-refractivity contribution in [2.45, 2.75) is 33.6 Å². The molecule has 0 spiro atoms. The first kappa shape index (κ1) is 17.7. The van der Waals surface area contributed by atoms with Gasteiger partial charge in [-0.1, -0.05) is 31.2 Å². The molecule has 2 aromatic carbocycles. The maximum atomic E-state index is 12.1. The third kappa shape index (κ3) is 4.95. The van der Waals surface area contributed by atoms with Gasteiger partial charge in [0.2, 0.25) is 11.8 Å². The van der Waals surface area contributed by atoms with Crippen molar-refractivity contribution in [1.82, 2.24) is 0 Å². The SMILES string of the molecule is CCc1ccc(N(CCC(=O)Nc2cccc(C)c2)C(C)=O)cc1. The fraction of sp³-hybridized carbons (Fsp3) is 0.300. The number of hydrogen-bond acceptors (Lipinski definition) is 2. The number of anilines is 2. The van der Waals surface area contributed by atoms with E-state index in [0.29, 0.717) is 6.54 Å². The molecule has 0 aliphatic rings. The Kier molecular flexibility index (Phi) is 6.13. The second-order valence-electron chi connectivity index (χ2n) is 5.86. The van der Waals surface area contributed by atoms with Crippen molar-refractivity contribution in [2.24, 2.45) is 0 Å². The molecule has 2 aromatic rings. The molecule has 0 aliphatic carbocycles. The monoisotopic (exact) mass is 324 g/mol. The lowest BCUT2D eigenvalue weighted by atomic mass is 10.1. The Morgan fingerprint density at radius 2 is 1.79 bits per heavy atom. The van der Waals surface area contributed by atoms with Crippen LogP contribution in [0.2, 0.25) is 0 Å². The number of rotatable bonds is 6. The van der Waals surface area contributed by atoms with E-state index in [9.17, 15) is 9.59 Å². The molecule has 0 atom stereocenters. The van der Waals surface area contributed by atoms with Gasteiger partial charge in [0.1, 0.15) is 0 Å². The van der Waals surface area contributed by atoms with E-state index in [1.807, 2.05) is 55.5 Å². The maximum Gasteiger partial charge on any atom is 0.226 e. The lowest BCUT2D eigenvalue weighted by Crippen LogP contribution is -2.31. The van der Waals surface area contributed by atoms with Gasteiger partial charge >= 0.3 is 0 Å². The molecule has 2 rings (SSSR count). The number of aryl methyl sites for hydroxylation is 2. The van der Waals surface area contributed by atoms with Crippen molar-refractivity contribution in [3.8, 4) is 0 Å². The molecule has 0 bridgehead atoms. The minimum Gasteiger partial charge on any atom is -0.326 e. The standard InChI is InChI=1S/C20H24N2O2/c1-4-17-8-10-19(11-9-17)22(16(3)23)13-12-20(24)21-18-7-5-6-15(2)14-18/h5-11,14H,4,12-13H2,1-3H3,(H,21,24). The summed E-state index contributed by atoms with van der Waals surface area (Å²) in [5, 5.41) is 2.87. The van der Waals surface area contributed by atoms with Crippen LogP contribution >= 0.6 is 0 Å². The van der Waals surface area contributed by atoms with Gasteiger partial charge < -0.3 is 10.2 Å². The molecule has 0 saturated carbocycles. The van der Waals surface area contributed by atoms with Gasteiger partial charge in [-0.15, -0.1) is 0 Å². The van der Waals surface area contributed by atoms with Crippen molar-refractivity contribution < 1.29 is 9.59 Å². The highest BCUT2D eigenvalue weighted by atomic mass is 16.2. The van der Waals surface area contributed by atoms with Gasteiger partial charge in [-0.2, -0.15) is 0 Å². The molecule has 0 radical (unpaired) electrons. The molecule has 0 aliphatic heterocycles. The van der Waals surface area contributed by atoms with E-state index in [2.05, 4.69) is 12.2 Å². The summed E-state index contributed by atoms with van der Waals surface area (Å²) in [6, 6.07) is 15.5. The van der Waals surface area contributed by atoms with Crippen molar-refractivity contribution in [2.75, 3.05) is 16.8 Å². The largest absolute Gasteiger partial charge is 0.326 e. The lowest BCUT2D eigenvalue weighted by molar-refractivity contribution is -0.117. The molecule has 0 fully saturated rings. The van der Waals surface area contributed by atoms with Crippen LogP contribution in [-0.2, 0) is 16.0 Å². The Morgan fingerprint density at radius 3 is 2.38 bits per heavy atom. The molecule has 2 amide bonds. The molecule has 4 nitrogen and oxygen atoms in total. The smallest absolute Gasteiger partial charge is 0.226 e. The Labute approximate surface area is 143 Å². The quantitative estimate of drug-likeness (QED) is 0.875. The number of carbonyl (C=O) groups is 2. The number of hydrogen-bond donors (Lipinski definition) is 1. The van der Waals surface area contributed by atoms with Crippen molar-refractivity contribution >= 4 is 23.2 Å². The van der Waals surface area contributed by atoms with Crippen molar-refractivity contribution in [1.29, 1.82) is 0 Å². The number of benzene rings is 2. The zero-order valence-electron chi connectivity index (χ0n) is 14.5. The molecule has 24 heavy (non-hydrogen) atoms. The second-order valence-corrected chi connectivity index (χ2v) is 5.86. The van der Waals surface area contributed by atoms with Gasteiger partial charge in [-0.3, -0.25) is 9.59 Å². The number of nitrogens with zero attached hydrogens (tertiary/aromatic N) is 1. The summed E-state index contributed by atoms with van der Waals surface area (Å²) in [6.07, 6.45) is 1.21. The van der Waals surface area contributed by atoms with Gasteiger partial charge in [0.05, 0.1) is 0 Å². The molecule has 1 N–H and O–H groups in total. The third-order valence-electron chi connectivity index (χ3n) is 3.90. The summed E-state index contributed by atoms with van der Waals surface area (Å²) in [5.41, 5.74) is 3.92. The van der Waals surface area contributed by atoms with E-state index in [4.69, 9.17) is 0 Å². The Hall–Kier alpha value is -2.62. The van der Waals surface area contributed by atoms with Crippen LogP contribution in [0, 0.1) is 6.92 Å². The van der Waals surface area contributed by atoms with Crippen LogP contribution in [-0.4, -0.2) is 18.4 Å². The lowest BCUT2D eigenvalue weighted by Gasteiger charge is -2.21. The first-order chi connectivity index (χ1) is 11.5. The molecule has 0 aromatic heterocycles. The van der Waals surface area contributed by atoms with E-state index in [-0.39, 0.29) is 18.2 Å². The van der Waals surface area contributed by atoms with Gasteiger partial charge in [0, 0.05) is 31.3 Å². The molecule has 0 unspecified atom stereocenters. The van der Waals surface area contributed by atoms with Gasteiger partial charge in [0.25, 0.3) is 0 Å². The predicted octanol–water partition coefficient (Wildman–Crippen LogP) is 3.94. The minimum atomic E-state index is -0.1000. The first-order valence-electron chi connectivity index (χ1n) is 8.23. The van der Waals surface area contributed by atoms with Crippen molar-refractivity contribution in [3.63, 3.8) is 0 Å². The zero-order valence-corrected chi connectivity index (χ0v) is 14.5. The normalized spacial score (nSPS) is 10.3. The highest BCUT2D eigenvalue weighted by molar-refractivity contribution is 5.94. The summed E-state index contributed by atoms with van der Waals surface area (Å²) in [6.45, 7) is 5.95. The van der Waals surface area contributed by atoms with E-state index in [1.54, 1.807) is 4.90 Å². The highest BCUT2D eigenvalue weighted by Gasteiger charge is 2.13. The zero-order chi connectivity index (χ0) is 17.5. The van der Waals surface area contributed by atoms with Crippen LogP contribution in [0.25, 0.3) is 0 Å².